The van der Waals surface area contributed by atoms with Gasteiger partial charge in [0, 0.05) is 16.3 Å². The lowest BCUT2D eigenvalue weighted by Crippen LogP contribution is -2.17. The molecule has 0 saturated heterocycles. The summed E-state index contributed by atoms with van der Waals surface area (Å²) in [5.74, 6) is 0.361. The van der Waals surface area contributed by atoms with Gasteiger partial charge in [-0.05, 0) is 36.1 Å². The molecular formula is C19H22Cl2N2O2. The number of aryl methyl sites for hydroxylation is 1. The molecule has 0 unspecified atom stereocenters. The summed E-state index contributed by atoms with van der Waals surface area (Å²) < 4.78 is 5.35. The van der Waals surface area contributed by atoms with Crippen LogP contribution in [0.1, 0.15) is 37.6 Å². The lowest BCUT2D eigenvalue weighted by molar-refractivity contribution is -0.115. The van der Waals surface area contributed by atoms with Crippen molar-refractivity contribution < 1.29 is 9.53 Å². The van der Waals surface area contributed by atoms with Crippen molar-refractivity contribution in [2.24, 2.45) is 0 Å². The second-order valence-electron chi connectivity index (χ2n) is 6.90. The molecule has 1 N–H and O–H groups in total. The Kier molecular flexibility index (Phi) is 5.96. The number of hydrogen-bond donors (Lipinski definition) is 1. The van der Waals surface area contributed by atoms with Gasteiger partial charge in [-0.3, -0.25) is 4.79 Å². The molecule has 0 atom stereocenters. The first kappa shape index (κ1) is 19.5. The van der Waals surface area contributed by atoms with Gasteiger partial charge in [0.2, 0.25) is 5.91 Å². The summed E-state index contributed by atoms with van der Waals surface area (Å²) in [7, 11) is 1.57. The Morgan fingerprint density at radius 1 is 1.24 bits per heavy atom. The van der Waals surface area contributed by atoms with Crippen LogP contribution in [0.3, 0.4) is 0 Å². The van der Waals surface area contributed by atoms with Crippen molar-refractivity contribution in [3.63, 3.8) is 0 Å². The minimum atomic E-state index is -0.237. The van der Waals surface area contributed by atoms with Gasteiger partial charge in [0.1, 0.15) is 10.9 Å². The molecule has 0 aliphatic rings. The van der Waals surface area contributed by atoms with Crippen LogP contribution in [0.4, 0.5) is 5.69 Å². The smallest absolute Gasteiger partial charge is 0.229 e. The number of hydrogen-bond acceptors (Lipinski definition) is 3. The van der Waals surface area contributed by atoms with Gasteiger partial charge < -0.3 is 10.1 Å². The van der Waals surface area contributed by atoms with E-state index in [4.69, 9.17) is 27.9 Å². The Morgan fingerprint density at radius 3 is 2.48 bits per heavy atom. The second kappa shape index (κ2) is 7.63. The molecule has 0 saturated carbocycles. The van der Waals surface area contributed by atoms with Crippen molar-refractivity contribution >= 4 is 34.8 Å². The highest BCUT2D eigenvalue weighted by molar-refractivity contribution is 6.35. The fourth-order valence-electron chi connectivity index (χ4n) is 2.41. The third kappa shape index (κ3) is 4.86. The average molecular weight is 381 g/mol. The number of anilines is 1. The maximum Gasteiger partial charge on any atom is 0.229 e. The molecule has 4 nitrogen and oxygen atoms in total. The van der Waals surface area contributed by atoms with Gasteiger partial charge in [-0.1, -0.05) is 50.0 Å². The number of carbonyl (C=O) groups excluding carboxylic acids is 1. The van der Waals surface area contributed by atoms with E-state index in [0.29, 0.717) is 27.7 Å². The van der Waals surface area contributed by atoms with E-state index in [1.54, 1.807) is 20.1 Å². The van der Waals surface area contributed by atoms with Crippen LogP contribution in [0.5, 0.6) is 5.75 Å². The van der Waals surface area contributed by atoms with Crippen LogP contribution < -0.4 is 10.1 Å². The summed E-state index contributed by atoms with van der Waals surface area (Å²) in [5.41, 5.74) is 2.89. The molecule has 1 amide bonds. The second-order valence-corrected chi connectivity index (χ2v) is 7.67. The summed E-state index contributed by atoms with van der Waals surface area (Å²) >= 11 is 12.3. The molecule has 25 heavy (non-hydrogen) atoms. The van der Waals surface area contributed by atoms with E-state index in [1.807, 2.05) is 18.2 Å². The largest absolute Gasteiger partial charge is 0.495 e. The molecule has 0 bridgehead atoms. The molecule has 1 aromatic carbocycles. The number of carbonyl (C=O) groups is 1. The fraction of sp³-hybridized carbons (Fsp3) is 0.368. The lowest BCUT2D eigenvalue weighted by atomic mass is 9.87. The molecule has 1 aromatic heterocycles. The Bertz CT molecular complexity index is 775. The van der Waals surface area contributed by atoms with Crippen LogP contribution in [0.2, 0.25) is 10.2 Å². The zero-order chi connectivity index (χ0) is 18.8. The maximum absolute atomic E-state index is 12.5. The summed E-state index contributed by atoms with van der Waals surface area (Å²) in [6.45, 7) is 8.12. The van der Waals surface area contributed by atoms with Crippen LogP contribution in [0, 0.1) is 6.92 Å². The zero-order valence-corrected chi connectivity index (χ0v) is 16.5. The third-order valence-electron chi connectivity index (χ3n) is 3.82. The predicted octanol–water partition coefficient (Wildman–Crippen LogP) is 5.18. The van der Waals surface area contributed by atoms with Gasteiger partial charge in [0.05, 0.1) is 19.2 Å². The number of nitrogens with one attached hydrogen (secondary N) is 1. The first-order valence-corrected chi connectivity index (χ1v) is 8.67. The molecule has 134 valence electrons. The third-order valence-corrected chi connectivity index (χ3v) is 4.47. The Morgan fingerprint density at radius 2 is 1.92 bits per heavy atom. The highest BCUT2D eigenvalue weighted by Gasteiger charge is 2.18. The van der Waals surface area contributed by atoms with Crippen LogP contribution in [0.15, 0.2) is 24.3 Å². The zero-order valence-electron chi connectivity index (χ0n) is 15.0. The van der Waals surface area contributed by atoms with Crippen molar-refractivity contribution in [2.75, 3.05) is 12.4 Å². The van der Waals surface area contributed by atoms with Crippen molar-refractivity contribution in [3.8, 4) is 5.75 Å². The standard InChI is InChI=1S/C19H22Cl2N2O2/c1-11-8-14(20)13(18(21)22-11)10-17(24)23-15-9-12(19(2,3)4)6-7-16(15)25-5/h6-9H,10H2,1-5H3,(H,23,24). The van der Waals surface area contributed by atoms with Crippen molar-refractivity contribution in [2.45, 2.75) is 39.5 Å². The normalized spacial score (nSPS) is 11.3. The number of amides is 1. The Labute approximate surface area is 158 Å². The predicted molar refractivity (Wildman–Crippen MR) is 103 cm³/mol. The van der Waals surface area contributed by atoms with Gasteiger partial charge >= 0.3 is 0 Å². The molecule has 2 aromatic rings. The van der Waals surface area contributed by atoms with E-state index in [0.717, 1.165) is 5.56 Å². The highest BCUT2D eigenvalue weighted by atomic mass is 35.5. The molecule has 2 rings (SSSR count). The van der Waals surface area contributed by atoms with Crippen molar-refractivity contribution in [1.82, 2.24) is 4.98 Å². The molecule has 0 fully saturated rings. The molecule has 0 aliphatic heterocycles. The van der Waals surface area contributed by atoms with Crippen molar-refractivity contribution in [1.29, 1.82) is 0 Å². The average Bonchev–Trinajstić information content (AvgIpc) is 2.50. The molecule has 0 radical (unpaired) electrons. The number of benzene rings is 1. The maximum atomic E-state index is 12.5. The van der Waals surface area contributed by atoms with Gasteiger partial charge in [-0.15, -0.1) is 0 Å². The Balaban J connectivity index is 2.26. The number of nitrogens with zero attached hydrogens (tertiary/aromatic N) is 1. The minimum absolute atomic E-state index is 0.0356. The van der Waals surface area contributed by atoms with E-state index in [1.165, 1.54) is 0 Å². The number of aromatic nitrogens is 1. The van der Waals surface area contributed by atoms with E-state index >= 15 is 0 Å². The molecular weight excluding hydrogens is 359 g/mol. The van der Waals surface area contributed by atoms with Gasteiger partial charge in [0.15, 0.2) is 0 Å². The number of ether oxygens (including phenoxy) is 1. The van der Waals surface area contributed by atoms with Gasteiger partial charge in [-0.2, -0.15) is 0 Å². The molecule has 0 spiro atoms. The van der Waals surface area contributed by atoms with E-state index < -0.39 is 0 Å². The van der Waals surface area contributed by atoms with Crippen LogP contribution >= 0.6 is 23.2 Å². The highest BCUT2D eigenvalue weighted by Crippen LogP contribution is 2.32. The molecule has 6 heteroatoms. The monoisotopic (exact) mass is 380 g/mol. The van der Waals surface area contributed by atoms with Crippen LogP contribution in [-0.4, -0.2) is 18.0 Å². The number of halogens is 2. The first-order valence-electron chi connectivity index (χ1n) is 7.91. The summed E-state index contributed by atoms with van der Waals surface area (Å²) in [6.07, 6.45) is 0.0356. The fourth-order valence-corrected chi connectivity index (χ4v) is 3.07. The summed E-state index contributed by atoms with van der Waals surface area (Å²) in [4.78, 5) is 16.6. The topological polar surface area (TPSA) is 51.2 Å². The molecule has 0 aliphatic carbocycles. The van der Waals surface area contributed by atoms with Crippen molar-refractivity contribution in [3.05, 3.63) is 51.3 Å². The minimum Gasteiger partial charge on any atom is -0.495 e. The quantitative estimate of drug-likeness (QED) is 0.742. The van der Waals surface area contributed by atoms with Crippen LogP contribution in [-0.2, 0) is 16.6 Å². The number of rotatable bonds is 4. The van der Waals surface area contributed by atoms with E-state index in [2.05, 4.69) is 31.1 Å². The van der Waals surface area contributed by atoms with E-state index in [-0.39, 0.29) is 22.9 Å². The first-order chi connectivity index (χ1) is 11.6. The summed E-state index contributed by atoms with van der Waals surface area (Å²) in [6, 6.07) is 7.46. The number of methoxy groups -OCH3 is 1. The lowest BCUT2D eigenvalue weighted by Gasteiger charge is -2.21. The SMILES string of the molecule is COc1ccc(C(C)(C)C)cc1NC(=O)Cc1c(Cl)cc(C)nc1Cl. The van der Waals surface area contributed by atoms with Crippen LogP contribution in [0.25, 0.3) is 0 Å². The van der Waals surface area contributed by atoms with Gasteiger partial charge in [0.25, 0.3) is 0 Å². The Hall–Kier alpha value is -1.78. The van der Waals surface area contributed by atoms with E-state index in [9.17, 15) is 4.79 Å². The summed E-state index contributed by atoms with van der Waals surface area (Å²) in [5, 5.41) is 3.56. The number of pyridine rings is 1. The molecule has 1 heterocycles. The van der Waals surface area contributed by atoms with Gasteiger partial charge in [-0.25, -0.2) is 4.98 Å².